The van der Waals surface area contributed by atoms with Gasteiger partial charge in [-0.1, -0.05) is 0 Å². The van der Waals surface area contributed by atoms with Gasteiger partial charge in [-0.3, -0.25) is 4.90 Å². The molecule has 1 saturated heterocycles. The van der Waals surface area contributed by atoms with E-state index < -0.39 is 0 Å². The maximum Gasteiger partial charge on any atom is 0.0749 e. The van der Waals surface area contributed by atoms with Crippen molar-refractivity contribution in [3.8, 4) is 0 Å². The third kappa shape index (κ3) is 4.49. The van der Waals surface area contributed by atoms with Gasteiger partial charge in [0.1, 0.15) is 0 Å². The Morgan fingerprint density at radius 2 is 2.07 bits per heavy atom. The van der Waals surface area contributed by atoms with Crippen molar-refractivity contribution in [1.82, 2.24) is 10.2 Å². The monoisotopic (exact) mass is 214 g/mol. The Hall–Kier alpha value is -0.120. The van der Waals surface area contributed by atoms with Gasteiger partial charge in [0.05, 0.1) is 5.60 Å². The van der Waals surface area contributed by atoms with E-state index >= 15 is 0 Å². The fraction of sp³-hybridized carbons (Fsp3) is 1.00. The molecular weight excluding hydrogens is 188 g/mol. The quantitative estimate of drug-likeness (QED) is 0.770. The molecule has 1 rings (SSSR count). The highest BCUT2D eigenvalue weighted by Crippen LogP contribution is 2.15. The number of ether oxygens (including phenoxy) is 1. The van der Waals surface area contributed by atoms with Crippen LogP contribution in [0.2, 0.25) is 0 Å². The Bertz CT molecular complexity index is 202. The van der Waals surface area contributed by atoms with Gasteiger partial charge in [-0.15, -0.1) is 0 Å². The zero-order valence-electron chi connectivity index (χ0n) is 10.9. The van der Waals surface area contributed by atoms with E-state index in [4.69, 9.17) is 4.74 Å². The smallest absolute Gasteiger partial charge is 0.0749 e. The maximum absolute atomic E-state index is 5.49. The maximum atomic E-state index is 5.49. The van der Waals surface area contributed by atoms with E-state index in [1.165, 1.54) is 13.0 Å². The average molecular weight is 214 g/mol. The molecule has 1 N–H and O–H groups in total. The SMILES string of the molecule is COC(C)(C)CN1CCCNC(C)(C)C1. The molecule has 3 heteroatoms. The molecule has 0 atom stereocenters. The van der Waals surface area contributed by atoms with Crippen LogP contribution in [0.25, 0.3) is 0 Å². The van der Waals surface area contributed by atoms with Gasteiger partial charge in [-0.05, 0) is 47.2 Å². The summed E-state index contributed by atoms with van der Waals surface area (Å²) < 4.78 is 5.49. The molecule has 0 spiro atoms. The van der Waals surface area contributed by atoms with E-state index in [9.17, 15) is 0 Å². The number of nitrogens with zero attached hydrogens (tertiary/aromatic N) is 1. The number of hydrogen-bond donors (Lipinski definition) is 1. The van der Waals surface area contributed by atoms with E-state index in [-0.39, 0.29) is 11.1 Å². The number of rotatable bonds is 3. The molecule has 0 aromatic carbocycles. The predicted octanol–water partition coefficient (Wildman–Crippen LogP) is 1.49. The van der Waals surface area contributed by atoms with Crippen LogP contribution < -0.4 is 5.32 Å². The van der Waals surface area contributed by atoms with Gasteiger partial charge in [0.15, 0.2) is 0 Å². The third-order valence-electron chi connectivity index (χ3n) is 3.03. The molecule has 0 aromatic heterocycles. The molecule has 0 unspecified atom stereocenters. The summed E-state index contributed by atoms with van der Waals surface area (Å²) in [5.74, 6) is 0. The lowest BCUT2D eigenvalue weighted by atomic mass is 10.0. The second-order valence-electron chi connectivity index (χ2n) is 5.84. The normalized spacial score (nSPS) is 23.8. The van der Waals surface area contributed by atoms with E-state index in [1.807, 2.05) is 0 Å². The van der Waals surface area contributed by atoms with E-state index in [1.54, 1.807) is 7.11 Å². The molecule has 90 valence electrons. The van der Waals surface area contributed by atoms with Crippen LogP contribution in [0.15, 0.2) is 0 Å². The van der Waals surface area contributed by atoms with Crippen LogP contribution in [0, 0.1) is 0 Å². The molecule has 3 nitrogen and oxygen atoms in total. The first-order chi connectivity index (χ1) is 6.85. The standard InChI is InChI=1S/C12H26N2O/c1-11(2)9-14(8-6-7-13-11)10-12(3,4)15-5/h13H,6-10H2,1-5H3. The first-order valence-corrected chi connectivity index (χ1v) is 5.87. The highest BCUT2D eigenvalue weighted by molar-refractivity contribution is 4.87. The summed E-state index contributed by atoms with van der Waals surface area (Å²) in [7, 11) is 1.79. The van der Waals surface area contributed by atoms with Gasteiger partial charge < -0.3 is 10.1 Å². The van der Waals surface area contributed by atoms with Gasteiger partial charge in [-0.25, -0.2) is 0 Å². The van der Waals surface area contributed by atoms with Crippen LogP contribution in [0.5, 0.6) is 0 Å². The fourth-order valence-electron chi connectivity index (χ4n) is 2.16. The van der Waals surface area contributed by atoms with Crippen LogP contribution in [0.1, 0.15) is 34.1 Å². The van der Waals surface area contributed by atoms with Crippen LogP contribution in [-0.2, 0) is 4.74 Å². The molecule has 0 aromatic rings. The minimum absolute atomic E-state index is 0.0413. The summed E-state index contributed by atoms with van der Waals surface area (Å²) in [6.07, 6.45) is 1.23. The lowest BCUT2D eigenvalue weighted by Gasteiger charge is -2.35. The van der Waals surface area contributed by atoms with Crippen molar-refractivity contribution in [3.63, 3.8) is 0 Å². The zero-order valence-corrected chi connectivity index (χ0v) is 10.9. The average Bonchev–Trinajstić information content (AvgIpc) is 2.25. The van der Waals surface area contributed by atoms with Crippen molar-refractivity contribution in [2.75, 3.05) is 33.3 Å². The van der Waals surface area contributed by atoms with Gasteiger partial charge in [0.2, 0.25) is 0 Å². The van der Waals surface area contributed by atoms with Crippen LogP contribution >= 0.6 is 0 Å². The Morgan fingerprint density at radius 3 is 2.67 bits per heavy atom. The van der Waals surface area contributed by atoms with Crippen molar-refractivity contribution >= 4 is 0 Å². The molecule has 1 aliphatic rings. The first kappa shape index (κ1) is 12.9. The summed E-state index contributed by atoms with van der Waals surface area (Å²) in [5, 5.41) is 3.57. The topological polar surface area (TPSA) is 24.5 Å². The summed E-state index contributed by atoms with van der Waals surface area (Å²) in [4.78, 5) is 2.50. The van der Waals surface area contributed by atoms with E-state index in [2.05, 4.69) is 37.9 Å². The van der Waals surface area contributed by atoms with E-state index in [0.29, 0.717) is 0 Å². The van der Waals surface area contributed by atoms with Crippen molar-refractivity contribution < 1.29 is 4.74 Å². The third-order valence-corrected chi connectivity index (χ3v) is 3.03. The molecule has 1 aliphatic heterocycles. The fourth-order valence-corrected chi connectivity index (χ4v) is 2.16. The number of nitrogens with one attached hydrogen (secondary N) is 1. The minimum atomic E-state index is -0.0413. The van der Waals surface area contributed by atoms with Crippen molar-refractivity contribution in [2.24, 2.45) is 0 Å². The summed E-state index contributed by atoms with van der Waals surface area (Å²) in [6, 6.07) is 0. The summed E-state index contributed by atoms with van der Waals surface area (Å²) in [6.45, 7) is 13.2. The van der Waals surface area contributed by atoms with Gasteiger partial charge >= 0.3 is 0 Å². The highest BCUT2D eigenvalue weighted by atomic mass is 16.5. The van der Waals surface area contributed by atoms with Gasteiger partial charge in [0.25, 0.3) is 0 Å². The molecule has 1 heterocycles. The van der Waals surface area contributed by atoms with Crippen LogP contribution in [-0.4, -0.2) is 49.3 Å². The molecular formula is C12H26N2O. The molecule has 0 amide bonds. The minimum Gasteiger partial charge on any atom is -0.377 e. The van der Waals surface area contributed by atoms with Crippen molar-refractivity contribution in [3.05, 3.63) is 0 Å². The zero-order chi connectivity index (χ0) is 11.5. The lowest BCUT2D eigenvalue weighted by molar-refractivity contribution is -0.00981. The van der Waals surface area contributed by atoms with Crippen molar-refractivity contribution in [2.45, 2.75) is 45.3 Å². The molecule has 0 saturated carbocycles. The second kappa shape index (κ2) is 4.81. The van der Waals surface area contributed by atoms with Crippen LogP contribution in [0.4, 0.5) is 0 Å². The van der Waals surface area contributed by atoms with E-state index in [0.717, 1.165) is 19.6 Å². The molecule has 15 heavy (non-hydrogen) atoms. The Labute approximate surface area is 94.2 Å². The molecule has 0 radical (unpaired) electrons. The summed E-state index contributed by atoms with van der Waals surface area (Å²) in [5.41, 5.74) is 0.181. The Morgan fingerprint density at radius 1 is 1.40 bits per heavy atom. The lowest BCUT2D eigenvalue weighted by Crippen LogP contribution is -2.49. The number of methoxy groups -OCH3 is 1. The van der Waals surface area contributed by atoms with Crippen LogP contribution in [0.3, 0.4) is 0 Å². The summed E-state index contributed by atoms with van der Waals surface area (Å²) >= 11 is 0. The Kier molecular flexibility index (Phi) is 4.15. The molecule has 0 aliphatic carbocycles. The Balaban J connectivity index is 2.53. The molecule has 0 bridgehead atoms. The van der Waals surface area contributed by atoms with Crippen molar-refractivity contribution in [1.29, 1.82) is 0 Å². The highest BCUT2D eigenvalue weighted by Gasteiger charge is 2.28. The number of hydrogen-bond acceptors (Lipinski definition) is 3. The first-order valence-electron chi connectivity index (χ1n) is 5.87. The van der Waals surface area contributed by atoms with Gasteiger partial charge in [0, 0.05) is 25.7 Å². The second-order valence-corrected chi connectivity index (χ2v) is 5.84. The predicted molar refractivity (Wildman–Crippen MR) is 64.2 cm³/mol. The largest absolute Gasteiger partial charge is 0.377 e. The van der Waals surface area contributed by atoms with Gasteiger partial charge in [-0.2, -0.15) is 0 Å². The molecule has 1 fully saturated rings.